The van der Waals surface area contributed by atoms with E-state index >= 15 is 0 Å². The van der Waals surface area contributed by atoms with Crippen molar-refractivity contribution >= 4 is 5.69 Å². The number of nitrogens with zero attached hydrogens (tertiary/aromatic N) is 2. The van der Waals surface area contributed by atoms with Gasteiger partial charge in [-0.3, -0.25) is 4.90 Å². The van der Waals surface area contributed by atoms with Crippen LogP contribution < -0.4 is 9.64 Å². The second kappa shape index (κ2) is 11.9. The molecule has 3 saturated heterocycles. The second-order valence-corrected chi connectivity index (χ2v) is 11.9. The number of rotatable bonds is 9. The average Bonchev–Trinajstić information content (AvgIpc) is 3.02. The zero-order valence-electron chi connectivity index (χ0n) is 24.1. The van der Waals surface area contributed by atoms with Crippen LogP contribution in [0.2, 0.25) is 0 Å². The molecule has 3 heterocycles. The molecule has 0 radical (unpaired) electrons. The highest BCUT2D eigenvalue weighted by Gasteiger charge is 2.49. The summed E-state index contributed by atoms with van der Waals surface area (Å²) in [6, 6.07) is 40.9. The van der Waals surface area contributed by atoms with Crippen LogP contribution in [-0.2, 0) is 6.54 Å². The Kier molecular flexibility index (Phi) is 7.93. The van der Waals surface area contributed by atoms with Gasteiger partial charge in [0, 0.05) is 24.5 Å². The molecule has 0 aromatic heterocycles. The standard InChI is InChI=1S/C37H42N2O/c1-27(2)32-19-20-34(40-3)33(25-32)39(26-28-13-7-4-8-14-28)36-31-21-23-38(24-22-31)37(36)35(29-15-9-5-10-16-29)30-17-11-6-12-18-30/h4-20,25,27,31,35-37H,21-24,26H2,1-3H3/t36-,37-/m0/s1. The van der Waals surface area contributed by atoms with Gasteiger partial charge < -0.3 is 9.64 Å². The third-order valence-electron chi connectivity index (χ3n) is 9.22. The van der Waals surface area contributed by atoms with Crippen LogP contribution in [0, 0.1) is 5.92 Å². The summed E-state index contributed by atoms with van der Waals surface area (Å²) < 4.78 is 6.08. The lowest BCUT2D eigenvalue weighted by atomic mass is 9.69. The van der Waals surface area contributed by atoms with E-state index in [2.05, 4.69) is 133 Å². The molecule has 3 aliphatic heterocycles. The minimum atomic E-state index is 0.285. The molecule has 7 rings (SSSR count). The maximum absolute atomic E-state index is 6.08. The Morgan fingerprint density at radius 1 is 0.750 bits per heavy atom. The van der Waals surface area contributed by atoms with Gasteiger partial charge in [0.05, 0.1) is 12.8 Å². The van der Waals surface area contributed by atoms with Gasteiger partial charge in [0.25, 0.3) is 0 Å². The highest BCUT2D eigenvalue weighted by Crippen LogP contribution is 2.47. The van der Waals surface area contributed by atoms with Gasteiger partial charge in [0.2, 0.25) is 0 Å². The normalized spacial score (nSPS) is 22.0. The van der Waals surface area contributed by atoms with E-state index in [1.54, 1.807) is 0 Å². The summed E-state index contributed by atoms with van der Waals surface area (Å²) >= 11 is 0. The Morgan fingerprint density at radius 2 is 1.32 bits per heavy atom. The van der Waals surface area contributed by atoms with Gasteiger partial charge in [-0.25, -0.2) is 0 Å². The molecule has 3 heteroatoms. The molecule has 206 valence electrons. The van der Waals surface area contributed by atoms with Crippen molar-refractivity contribution in [3.05, 3.63) is 131 Å². The first-order valence-electron chi connectivity index (χ1n) is 15.0. The summed E-state index contributed by atoms with van der Waals surface area (Å²) in [4.78, 5) is 5.52. The van der Waals surface area contributed by atoms with Crippen molar-refractivity contribution in [2.45, 2.75) is 57.2 Å². The molecule has 4 aromatic carbocycles. The largest absolute Gasteiger partial charge is 0.495 e. The number of benzene rings is 4. The van der Waals surface area contributed by atoms with Gasteiger partial charge in [-0.15, -0.1) is 0 Å². The van der Waals surface area contributed by atoms with Crippen molar-refractivity contribution in [2.24, 2.45) is 5.92 Å². The topological polar surface area (TPSA) is 15.7 Å². The molecule has 2 atom stereocenters. The zero-order chi connectivity index (χ0) is 27.5. The third kappa shape index (κ3) is 5.28. The van der Waals surface area contributed by atoms with Crippen LogP contribution in [0.4, 0.5) is 5.69 Å². The van der Waals surface area contributed by atoms with Crippen LogP contribution in [0.5, 0.6) is 5.75 Å². The Balaban J connectivity index is 1.54. The van der Waals surface area contributed by atoms with Crippen LogP contribution in [0.3, 0.4) is 0 Å². The first-order chi connectivity index (χ1) is 19.6. The zero-order valence-corrected chi connectivity index (χ0v) is 24.1. The van der Waals surface area contributed by atoms with Gasteiger partial charge in [-0.2, -0.15) is 0 Å². The summed E-state index contributed by atoms with van der Waals surface area (Å²) in [5, 5.41) is 0. The molecule has 0 amide bonds. The van der Waals surface area contributed by atoms with Crippen molar-refractivity contribution in [3.8, 4) is 5.75 Å². The number of fused-ring (bicyclic) bond motifs is 3. The first kappa shape index (κ1) is 26.7. The highest BCUT2D eigenvalue weighted by molar-refractivity contribution is 5.62. The number of hydrogen-bond donors (Lipinski definition) is 0. The third-order valence-corrected chi connectivity index (χ3v) is 9.22. The molecule has 3 fully saturated rings. The Morgan fingerprint density at radius 3 is 1.88 bits per heavy atom. The van der Waals surface area contributed by atoms with Gasteiger partial charge in [-0.1, -0.05) is 111 Å². The van der Waals surface area contributed by atoms with Crippen LogP contribution in [0.15, 0.2) is 109 Å². The monoisotopic (exact) mass is 530 g/mol. The minimum absolute atomic E-state index is 0.285. The quantitative estimate of drug-likeness (QED) is 0.217. The van der Waals surface area contributed by atoms with Crippen LogP contribution >= 0.6 is 0 Å². The van der Waals surface area contributed by atoms with E-state index in [9.17, 15) is 0 Å². The summed E-state index contributed by atoms with van der Waals surface area (Å²) in [7, 11) is 1.82. The SMILES string of the molecule is COc1ccc(C(C)C)cc1N(Cc1ccccc1)[C@H]1C2CCN(CC2)[C@H]1C(c1ccccc1)c1ccccc1. The lowest BCUT2D eigenvalue weighted by molar-refractivity contribution is 0.0161. The number of piperidine rings is 3. The number of hydrogen-bond acceptors (Lipinski definition) is 3. The van der Waals surface area contributed by atoms with Crippen LogP contribution in [0.1, 0.15) is 60.8 Å². The molecule has 3 aliphatic rings. The lowest BCUT2D eigenvalue weighted by Gasteiger charge is -2.57. The molecular weight excluding hydrogens is 488 g/mol. The number of anilines is 1. The van der Waals surface area contributed by atoms with E-state index in [0.717, 1.165) is 12.3 Å². The van der Waals surface area contributed by atoms with Gasteiger partial charge >= 0.3 is 0 Å². The molecular formula is C37H42N2O. The summed E-state index contributed by atoms with van der Waals surface area (Å²) in [6.45, 7) is 7.77. The van der Waals surface area contributed by atoms with Crippen molar-refractivity contribution in [1.82, 2.24) is 4.90 Å². The number of ether oxygens (including phenoxy) is 1. The predicted octanol–water partition coefficient (Wildman–Crippen LogP) is 8.12. The van der Waals surface area contributed by atoms with Crippen LogP contribution in [-0.4, -0.2) is 37.2 Å². The van der Waals surface area contributed by atoms with Gasteiger partial charge in [-0.05, 0) is 72.2 Å². The lowest BCUT2D eigenvalue weighted by Crippen LogP contribution is -2.65. The van der Waals surface area contributed by atoms with Crippen LogP contribution in [0.25, 0.3) is 0 Å². The molecule has 0 saturated carbocycles. The molecule has 2 bridgehead atoms. The van der Waals surface area contributed by atoms with Crippen molar-refractivity contribution in [1.29, 1.82) is 0 Å². The maximum Gasteiger partial charge on any atom is 0.142 e. The fourth-order valence-electron chi connectivity index (χ4n) is 7.23. The predicted molar refractivity (Wildman–Crippen MR) is 166 cm³/mol. The van der Waals surface area contributed by atoms with E-state index in [1.807, 2.05) is 7.11 Å². The average molecular weight is 531 g/mol. The summed E-state index contributed by atoms with van der Waals surface area (Å²) in [5.41, 5.74) is 6.72. The first-order valence-corrected chi connectivity index (χ1v) is 15.0. The Bertz CT molecular complexity index is 1320. The molecule has 0 unspecified atom stereocenters. The van der Waals surface area contributed by atoms with Gasteiger partial charge in [0.15, 0.2) is 0 Å². The Labute approximate surface area is 240 Å². The van der Waals surface area contributed by atoms with Crippen molar-refractivity contribution < 1.29 is 4.74 Å². The minimum Gasteiger partial charge on any atom is -0.495 e. The van der Waals surface area contributed by atoms with E-state index in [4.69, 9.17) is 4.74 Å². The molecule has 40 heavy (non-hydrogen) atoms. The van der Waals surface area contributed by atoms with E-state index < -0.39 is 0 Å². The smallest absolute Gasteiger partial charge is 0.142 e. The Hall–Kier alpha value is -3.56. The highest BCUT2D eigenvalue weighted by atomic mass is 16.5. The van der Waals surface area contributed by atoms with Gasteiger partial charge in [0.1, 0.15) is 5.75 Å². The molecule has 0 aliphatic carbocycles. The van der Waals surface area contributed by atoms with Crippen molar-refractivity contribution in [3.63, 3.8) is 0 Å². The second-order valence-electron chi connectivity index (χ2n) is 11.9. The van der Waals surface area contributed by atoms with E-state index in [-0.39, 0.29) is 5.92 Å². The molecule has 0 N–H and O–H groups in total. The summed E-state index contributed by atoms with van der Waals surface area (Å²) in [5.74, 6) is 2.33. The number of methoxy groups -OCH3 is 1. The fraction of sp³-hybridized carbons (Fsp3) is 0.351. The maximum atomic E-state index is 6.08. The molecule has 0 spiro atoms. The van der Waals surface area contributed by atoms with E-state index in [0.29, 0.717) is 23.9 Å². The molecule has 4 aromatic rings. The molecule has 3 nitrogen and oxygen atoms in total. The summed E-state index contributed by atoms with van der Waals surface area (Å²) in [6.07, 6.45) is 2.49. The fourth-order valence-corrected chi connectivity index (χ4v) is 7.23. The van der Waals surface area contributed by atoms with Crippen molar-refractivity contribution in [2.75, 3.05) is 25.1 Å². The van der Waals surface area contributed by atoms with E-state index in [1.165, 1.54) is 53.9 Å².